The van der Waals surface area contributed by atoms with Crippen molar-refractivity contribution in [2.24, 2.45) is 11.7 Å². The molecule has 6 nitrogen and oxygen atoms in total. The first kappa shape index (κ1) is 21.7. The molecule has 142 valence electrons. The van der Waals surface area contributed by atoms with Crippen LogP contribution < -0.4 is 10.5 Å². The van der Waals surface area contributed by atoms with E-state index in [0.717, 1.165) is 51.6 Å². The average Bonchev–Trinajstić information content (AvgIpc) is 3.05. The highest BCUT2D eigenvalue weighted by Crippen LogP contribution is 2.24. The third kappa shape index (κ3) is 7.25. The molecule has 0 bridgehead atoms. The lowest BCUT2D eigenvalue weighted by Gasteiger charge is -2.22. The molecule has 0 aromatic carbocycles. The summed E-state index contributed by atoms with van der Waals surface area (Å²) in [7, 11) is -3.20. The topological polar surface area (TPSA) is 92.5 Å². The van der Waals surface area contributed by atoms with E-state index in [0.29, 0.717) is 25.3 Å². The van der Waals surface area contributed by atoms with E-state index in [1.165, 1.54) is 6.42 Å². The van der Waals surface area contributed by atoms with Crippen LogP contribution in [-0.2, 0) is 14.8 Å². The molecule has 1 saturated carbocycles. The summed E-state index contributed by atoms with van der Waals surface area (Å²) in [4.78, 5) is 13.9. The predicted octanol–water partition coefficient (Wildman–Crippen LogP) is 1.64. The average molecular weight is 382 g/mol. The van der Waals surface area contributed by atoms with Gasteiger partial charge >= 0.3 is 0 Å². The molecule has 1 heterocycles. The van der Waals surface area contributed by atoms with Crippen LogP contribution in [0, 0.1) is 5.92 Å². The van der Waals surface area contributed by atoms with Crippen LogP contribution in [0.15, 0.2) is 0 Å². The Morgan fingerprint density at radius 1 is 1.12 bits per heavy atom. The van der Waals surface area contributed by atoms with Crippen molar-refractivity contribution in [3.63, 3.8) is 0 Å². The number of halogens is 1. The molecule has 1 aliphatic heterocycles. The van der Waals surface area contributed by atoms with Gasteiger partial charge in [0.1, 0.15) is 0 Å². The van der Waals surface area contributed by atoms with Gasteiger partial charge in [-0.3, -0.25) is 4.79 Å². The summed E-state index contributed by atoms with van der Waals surface area (Å²) in [5.74, 6) is 0.555. The fourth-order valence-electron chi connectivity index (χ4n) is 3.57. The standard InChI is InChI=1S/C16H31N3O3S.ClH/c17-15(16(20)19-11-4-5-12-19)9-6-10-18-23(21,22)13-14-7-2-1-3-8-14;/h14-15,18H,1-13,17H2;1H. The predicted molar refractivity (Wildman–Crippen MR) is 98.6 cm³/mol. The van der Waals surface area contributed by atoms with Crippen molar-refractivity contribution >= 4 is 28.3 Å². The normalized spacial score (nSPS) is 20.6. The first-order valence-electron chi connectivity index (χ1n) is 8.99. The van der Waals surface area contributed by atoms with Crippen molar-refractivity contribution in [3.8, 4) is 0 Å². The van der Waals surface area contributed by atoms with Crippen LogP contribution in [-0.4, -0.2) is 50.7 Å². The number of nitrogens with zero attached hydrogens (tertiary/aromatic N) is 1. The molecule has 2 rings (SSSR count). The van der Waals surface area contributed by atoms with Gasteiger partial charge in [0, 0.05) is 19.6 Å². The highest BCUT2D eigenvalue weighted by molar-refractivity contribution is 7.89. The molecule has 0 aromatic rings. The Labute approximate surface area is 152 Å². The molecule has 1 atom stereocenters. The van der Waals surface area contributed by atoms with E-state index in [-0.39, 0.29) is 24.1 Å². The Balaban J connectivity index is 0.00000288. The molecule has 24 heavy (non-hydrogen) atoms. The fraction of sp³-hybridized carbons (Fsp3) is 0.938. The first-order chi connectivity index (χ1) is 11.0. The van der Waals surface area contributed by atoms with Gasteiger partial charge in [-0.1, -0.05) is 19.3 Å². The zero-order chi connectivity index (χ0) is 16.7. The second kappa shape index (κ2) is 10.6. The van der Waals surface area contributed by atoms with Crippen molar-refractivity contribution in [3.05, 3.63) is 0 Å². The summed E-state index contributed by atoms with van der Waals surface area (Å²) in [5.41, 5.74) is 5.93. The lowest BCUT2D eigenvalue weighted by atomic mass is 9.91. The van der Waals surface area contributed by atoms with Crippen LogP contribution in [0.3, 0.4) is 0 Å². The van der Waals surface area contributed by atoms with E-state index in [2.05, 4.69) is 4.72 Å². The number of nitrogens with one attached hydrogen (secondary N) is 1. The van der Waals surface area contributed by atoms with Crippen molar-refractivity contribution in [1.82, 2.24) is 9.62 Å². The molecule has 1 amide bonds. The lowest BCUT2D eigenvalue weighted by Crippen LogP contribution is -2.42. The summed E-state index contributed by atoms with van der Waals surface area (Å²) >= 11 is 0. The van der Waals surface area contributed by atoms with Gasteiger partial charge in [0.05, 0.1) is 11.8 Å². The third-order valence-corrected chi connectivity index (χ3v) is 6.48. The number of sulfonamides is 1. The summed E-state index contributed by atoms with van der Waals surface area (Å²) in [6.45, 7) is 1.98. The molecule has 2 aliphatic rings. The Bertz CT molecular complexity index is 475. The third-order valence-electron chi connectivity index (χ3n) is 4.93. The number of amides is 1. The number of nitrogens with two attached hydrogens (primary N) is 1. The molecule has 1 aliphatic carbocycles. The molecule has 3 N–H and O–H groups in total. The zero-order valence-electron chi connectivity index (χ0n) is 14.4. The van der Waals surface area contributed by atoms with E-state index >= 15 is 0 Å². The van der Waals surface area contributed by atoms with E-state index < -0.39 is 16.1 Å². The molecule has 2 fully saturated rings. The maximum Gasteiger partial charge on any atom is 0.239 e. The number of likely N-dealkylation sites (tertiary alicyclic amines) is 1. The van der Waals surface area contributed by atoms with Crippen LogP contribution in [0.25, 0.3) is 0 Å². The van der Waals surface area contributed by atoms with Gasteiger partial charge in [-0.2, -0.15) is 0 Å². The van der Waals surface area contributed by atoms with Crippen molar-refractivity contribution in [2.45, 2.75) is 63.8 Å². The van der Waals surface area contributed by atoms with Crippen molar-refractivity contribution in [2.75, 3.05) is 25.4 Å². The largest absolute Gasteiger partial charge is 0.341 e. The smallest absolute Gasteiger partial charge is 0.239 e. The Kier molecular flexibility index (Phi) is 9.56. The Hall–Kier alpha value is -0.370. The van der Waals surface area contributed by atoms with Crippen LogP contribution >= 0.6 is 12.4 Å². The second-order valence-corrected chi connectivity index (χ2v) is 8.81. The van der Waals surface area contributed by atoms with E-state index in [4.69, 9.17) is 5.73 Å². The monoisotopic (exact) mass is 381 g/mol. The van der Waals surface area contributed by atoms with E-state index in [1.807, 2.05) is 4.90 Å². The van der Waals surface area contributed by atoms with Gasteiger partial charge in [-0.25, -0.2) is 13.1 Å². The van der Waals surface area contributed by atoms with E-state index in [9.17, 15) is 13.2 Å². The highest BCUT2D eigenvalue weighted by atomic mass is 35.5. The minimum Gasteiger partial charge on any atom is -0.341 e. The van der Waals surface area contributed by atoms with Crippen molar-refractivity contribution < 1.29 is 13.2 Å². The fourth-order valence-corrected chi connectivity index (χ4v) is 5.10. The minimum absolute atomic E-state index is 0. The van der Waals surface area contributed by atoms with Gasteiger partial charge in [0.2, 0.25) is 15.9 Å². The number of hydrogen-bond donors (Lipinski definition) is 2. The minimum atomic E-state index is -3.20. The van der Waals surface area contributed by atoms with Gasteiger partial charge in [0.25, 0.3) is 0 Å². The summed E-state index contributed by atoms with van der Waals surface area (Å²) in [5, 5.41) is 0. The number of rotatable bonds is 8. The van der Waals surface area contributed by atoms with Gasteiger partial charge in [0.15, 0.2) is 0 Å². The van der Waals surface area contributed by atoms with Crippen LogP contribution in [0.4, 0.5) is 0 Å². The molecular formula is C16H32ClN3O3S. The van der Waals surface area contributed by atoms with Crippen molar-refractivity contribution in [1.29, 1.82) is 0 Å². The second-order valence-electron chi connectivity index (χ2n) is 6.96. The number of hydrogen-bond acceptors (Lipinski definition) is 4. The lowest BCUT2D eigenvalue weighted by molar-refractivity contribution is -0.131. The highest BCUT2D eigenvalue weighted by Gasteiger charge is 2.24. The maximum atomic E-state index is 12.1. The summed E-state index contributed by atoms with van der Waals surface area (Å²) in [6.07, 6.45) is 8.81. The molecule has 0 aromatic heterocycles. The summed E-state index contributed by atoms with van der Waals surface area (Å²) in [6, 6.07) is -0.504. The Morgan fingerprint density at radius 3 is 2.38 bits per heavy atom. The zero-order valence-corrected chi connectivity index (χ0v) is 16.0. The van der Waals surface area contributed by atoms with E-state index in [1.54, 1.807) is 0 Å². The SMILES string of the molecule is Cl.NC(CCCNS(=O)(=O)CC1CCCCC1)C(=O)N1CCCC1. The molecule has 8 heteroatoms. The van der Waals surface area contributed by atoms with Gasteiger partial charge in [-0.15, -0.1) is 12.4 Å². The summed E-state index contributed by atoms with van der Waals surface area (Å²) < 4.78 is 26.8. The molecule has 1 saturated heterocycles. The van der Waals surface area contributed by atoms with Gasteiger partial charge < -0.3 is 10.6 Å². The number of carbonyl (C=O) groups is 1. The quantitative estimate of drug-likeness (QED) is 0.625. The molecular weight excluding hydrogens is 350 g/mol. The number of carbonyl (C=O) groups excluding carboxylic acids is 1. The maximum absolute atomic E-state index is 12.1. The molecule has 1 unspecified atom stereocenters. The molecule has 0 spiro atoms. The van der Waals surface area contributed by atoms with Crippen LogP contribution in [0.2, 0.25) is 0 Å². The van der Waals surface area contributed by atoms with Crippen LogP contribution in [0.1, 0.15) is 57.8 Å². The first-order valence-corrected chi connectivity index (χ1v) is 10.6. The van der Waals surface area contributed by atoms with Crippen LogP contribution in [0.5, 0.6) is 0 Å². The van der Waals surface area contributed by atoms with Gasteiger partial charge in [-0.05, 0) is 44.4 Å². The Morgan fingerprint density at radius 2 is 1.75 bits per heavy atom. The molecule has 0 radical (unpaired) electrons.